The van der Waals surface area contributed by atoms with Gasteiger partial charge in [0, 0.05) is 24.7 Å². The van der Waals surface area contributed by atoms with Gasteiger partial charge in [-0.1, -0.05) is 29.8 Å². The molecule has 4 aromatic rings. The van der Waals surface area contributed by atoms with Gasteiger partial charge in [-0.2, -0.15) is 0 Å². The number of benzene rings is 3. The summed E-state index contributed by atoms with van der Waals surface area (Å²) in [6, 6.07) is 16.3. The number of aliphatic hydroxyl groups excluding tert-OH is 1. The summed E-state index contributed by atoms with van der Waals surface area (Å²) in [4.78, 5) is 37.9. The summed E-state index contributed by atoms with van der Waals surface area (Å²) < 4.78 is 33.8. The summed E-state index contributed by atoms with van der Waals surface area (Å²) in [5.41, 5.74) is 3.44. The van der Waals surface area contributed by atoms with E-state index in [9.17, 15) is 24.6 Å². The number of fused-ring (bicyclic) bond motifs is 1. The van der Waals surface area contributed by atoms with Crippen molar-refractivity contribution in [1.29, 1.82) is 0 Å². The normalized spacial score (nSPS) is 20.7. The van der Waals surface area contributed by atoms with Crippen molar-refractivity contribution in [2.24, 2.45) is 5.73 Å². The summed E-state index contributed by atoms with van der Waals surface area (Å²) in [7, 11) is 1.37. The number of amides is 1. The summed E-state index contributed by atoms with van der Waals surface area (Å²) in [6.45, 7) is 4.90. The molecule has 4 atom stereocenters. The van der Waals surface area contributed by atoms with Gasteiger partial charge in [-0.25, -0.2) is 9.59 Å². The molecule has 1 fully saturated rings. The zero-order valence-electron chi connectivity index (χ0n) is 25.3. The van der Waals surface area contributed by atoms with Gasteiger partial charge in [-0.3, -0.25) is 4.79 Å². The van der Waals surface area contributed by atoms with E-state index in [0.717, 1.165) is 0 Å². The van der Waals surface area contributed by atoms with E-state index in [-0.39, 0.29) is 44.2 Å². The van der Waals surface area contributed by atoms with Gasteiger partial charge in [0.15, 0.2) is 18.0 Å². The first-order valence-electron chi connectivity index (χ1n) is 14.2. The van der Waals surface area contributed by atoms with Crippen LogP contribution in [0.15, 0.2) is 69.9 Å². The number of nitrogens with two attached hydrogens (primary N) is 1. The van der Waals surface area contributed by atoms with Crippen molar-refractivity contribution in [1.82, 2.24) is 0 Å². The molecule has 5 rings (SSSR count). The quantitative estimate of drug-likeness (QED) is 0.163. The summed E-state index contributed by atoms with van der Waals surface area (Å²) in [5, 5.41) is 22.5. The molecule has 2 heterocycles. The number of hydrogen-bond acceptors (Lipinski definition) is 11. The van der Waals surface area contributed by atoms with Crippen molar-refractivity contribution < 1.29 is 47.9 Å². The van der Waals surface area contributed by atoms with E-state index >= 15 is 0 Å². The van der Waals surface area contributed by atoms with Gasteiger partial charge in [0.2, 0.25) is 6.29 Å². The summed E-state index contributed by atoms with van der Waals surface area (Å²) in [6.07, 6.45) is -6.55. The number of carbonyl (C=O) groups excluding carboxylic acids is 2. The minimum atomic E-state index is -1.51. The Labute approximate surface area is 268 Å². The Morgan fingerprint density at radius 2 is 1.78 bits per heavy atom. The first kappa shape index (κ1) is 32.8. The molecular weight excluding hydrogens is 622 g/mol. The second kappa shape index (κ2) is 13.0. The van der Waals surface area contributed by atoms with E-state index in [2.05, 4.69) is 0 Å². The number of Topliss-reactive ketones (excluding diaryl/α,β-unsaturated/α-hetero) is 1. The van der Waals surface area contributed by atoms with E-state index in [4.69, 9.17) is 45.4 Å². The Hall–Kier alpha value is -4.62. The van der Waals surface area contributed by atoms with Crippen LogP contribution >= 0.6 is 11.6 Å². The molecule has 1 aromatic heterocycles. The molecule has 1 aliphatic rings. The van der Waals surface area contributed by atoms with Gasteiger partial charge in [0.1, 0.15) is 34.7 Å². The van der Waals surface area contributed by atoms with Crippen molar-refractivity contribution in [2.75, 3.05) is 7.11 Å². The van der Waals surface area contributed by atoms with Crippen molar-refractivity contribution in [3.05, 3.63) is 92.8 Å². The molecule has 1 aliphatic heterocycles. The van der Waals surface area contributed by atoms with Crippen LogP contribution in [0, 0.1) is 6.92 Å². The van der Waals surface area contributed by atoms with Crippen LogP contribution in [0.2, 0.25) is 5.02 Å². The maximum Gasteiger partial charge on any atom is 0.404 e. The van der Waals surface area contributed by atoms with E-state index < -0.39 is 59.9 Å². The lowest BCUT2D eigenvalue weighted by atomic mass is 9.89. The Balaban J connectivity index is 1.41. The van der Waals surface area contributed by atoms with Gasteiger partial charge in [-0.05, 0) is 63.2 Å². The lowest BCUT2D eigenvalue weighted by Crippen LogP contribution is -2.65. The molecule has 0 unspecified atom stereocenters. The van der Waals surface area contributed by atoms with Crippen molar-refractivity contribution in [3.8, 4) is 23.0 Å². The van der Waals surface area contributed by atoms with Crippen LogP contribution in [0.25, 0.3) is 11.0 Å². The molecule has 12 nitrogen and oxygen atoms in total. The van der Waals surface area contributed by atoms with Crippen molar-refractivity contribution >= 4 is 34.4 Å². The van der Waals surface area contributed by atoms with Crippen LogP contribution in [-0.4, -0.2) is 59.4 Å². The molecule has 1 amide bonds. The molecular formula is C33H32ClNO11. The molecule has 46 heavy (non-hydrogen) atoms. The summed E-state index contributed by atoms with van der Waals surface area (Å²) >= 11 is 6.27. The fourth-order valence-corrected chi connectivity index (χ4v) is 5.55. The van der Waals surface area contributed by atoms with E-state index in [1.165, 1.54) is 37.4 Å². The number of ether oxygens (including phenoxy) is 5. The highest BCUT2D eigenvalue weighted by molar-refractivity contribution is 6.32. The van der Waals surface area contributed by atoms with E-state index in [0.29, 0.717) is 5.75 Å². The van der Waals surface area contributed by atoms with Crippen LogP contribution < -0.4 is 20.8 Å². The van der Waals surface area contributed by atoms with Crippen LogP contribution in [0.5, 0.6) is 23.0 Å². The molecule has 13 heteroatoms. The molecule has 0 radical (unpaired) electrons. The fraction of sp³-hybridized carbons (Fsp3) is 0.303. The average Bonchev–Trinajstić information content (AvgIpc) is 3.00. The minimum Gasteiger partial charge on any atom is -0.507 e. The SMILES string of the molecule is CO[C@@H]1[C@@H](OC(N)=O)[C@@H](O)[C@H](Oc2ccc3c(O)c(CC(=O)c4ccc(Cl)c(Oc5ccccc5)c4)c(=O)oc3c2C)OC1(C)C. The van der Waals surface area contributed by atoms with Crippen molar-refractivity contribution in [2.45, 2.75) is 57.4 Å². The second-order valence-electron chi connectivity index (χ2n) is 11.2. The standard InChI is InChI=1S/C33H32ClNO11/c1-16-23(43-31-26(38)28(45-32(35)40)29(41-4)33(2,3)46-31)13-11-19-25(37)20(30(39)44-27(16)19)15-22(36)17-10-12-21(34)24(14-17)42-18-8-6-5-7-9-18/h5-14,26,28-29,31,37-38H,15H2,1-4H3,(H2,35,40)/t26-,28+,29-,31-/m1/s1. The third-order valence-corrected chi connectivity index (χ3v) is 7.98. The number of rotatable bonds is 9. The van der Waals surface area contributed by atoms with Crippen LogP contribution in [0.4, 0.5) is 4.79 Å². The van der Waals surface area contributed by atoms with E-state index in [1.807, 2.05) is 6.07 Å². The molecule has 4 N–H and O–H groups in total. The van der Waals surface area contributed by atoms with Crippen molar-refractivity contribution in [3.63, 3.8) is 0 Å². The summed E-state index contributed by atoms with van der Waals surface area (Å²) in [5.74, 6) is -0.0121. The van der Waals surface area contributed by atoms with Gasteiger partial charge < -0.3 is 44.0 Å². The maximum atomic E-state index is 13.2. The van der Waals surface area contributed by atoms with Gasteiger partial charge in [0.25, 0.3) is 0 Å². The number of ketones is 1. The smallest absolute Gasteiger partial charge is 0.404 e. The Kier molecular flexibility index (Phi) is 9.27. The lowest BCUT2D eigenvalue weighted by molar-refractivity contribution is -0.304. The maximum absolute atomic E-state index is 13.2. The predicted molar refractivity (Wildman–Crippen MR) is 166 cm³/mol. The first-order chi connectivity index (χ1) is 21.8. The zero-order valence-corrected chi connectivity index (χ0v) is 26.1. The molecule has 242 valence electrons. The zero-order chi connectivity index (χ0) is 33.3. The van der Waals surface area contributed by atoms with E-state index in [1.54, 1.807) is 45.0 Å². The predicted octanol–water partition coefficient (Wildman–Crippen LogP) is 5.03. The third kappa shape index (κ3) is 6.51. The number of hydrogen-bond donors (Lipinski definition) is 3. The first-order valence-corrected chi connectivity index (χ1v) is 14.5. The Morgan fingerprint density at radius 1 is 1.07 bits per heavy atom. The number of methoxy groups -OCH3 is 1. The minimum absolute atomic E-state index is 0.00879. The Morgan fingerprint density at radius 3 is 2.46 bits per heavy atom. The number of para-hydroxylation sites is 1. The molecule has 0 spiro atoms. The van der Waals surface area contributed by atoms with Gasteiger partial charge in [-0.15, -0.1) is 0 Å². The topological polar surface area (TPSA) is 177 Å². The number of aliphatic hydroxyl groups is 1. The lowest BCUT2D eigenvalue weighted by Gasteiger charge is -2.47. The molecule has 0 saturated carbocycles. The number of primary amides is 1. The number of halogens is 1. The number of aromatic hydroxyl groups is 1. The largest absolute Gasteiger partial charge is 0.507 e. The van der Waals surface area contributed by atoms with Crippen LogP contribution in [0.1, 0.15) is 35.3 Å². The van der Waals surface area contributed by atoms with Crippen LogP contribution in [-0.2, 0) is 20.6 Å². The number of aryl methyl sites for hydroxylation is 1. The highest BCUT2D eigenvalue weighted by Gasteiger charge is 2.53. The molecule has 0 bridgehead atoms. The highest BCUT2D eigenvalue weighted by Crippen LogP contribution is 2.38. The molecule has 3 aromatic carbocycles. The second-order valence-corrected chi connectivity index (χ2v) is 11.6. The Bertz CT molecular complexity index is 1840. The molecule has 0 aliphatic carbocycles. The van der Waals surface area contributed by atoms with Gasteiger partial charge >= 0.3 is 11.7 Å². The monoisotopic (exact) mass is 653 g/mol. The van der Waals surface area contributed by atoms with Crippen LogP contribution in [0.3, 0.4) is 0 Å². The fourth-order valence-electron chi connectivity index (χ4n) is 5.39. The third-order valence-electron chi connectivity index (χ3n) is 7.67. The number of carbonyl (C=O) groups is 2. The molecule has 1 saturated heterocycles. The average molecular weight is 654 g/mol. The van der Waals surface area contributed by atoms with Gasteiger partial charge in [0.05, 0.1) is 21.6 Å². The highest BCUT2D eigenvalue weighted by atomic mass is 35.5.